The Hall–Kier alpha value is -3.05. The van der Waals surface area contributed by atoms with Crippen molar-refractivity contribution >= 4 is 5.91 Å². The lowest BCUT2D eigenvalue weighted by molar-refractivity contribution is -0.130. The summed E-state index contributed by atoms with van der Waals surface area (Å²) < 4.78 is 0. The van der Waals surface area contributed by atoms with Crippen molar-refractivity contribution in [2.75, 3.05) is 19.6 Å². The van der Waals surface area contributed by atoms with Crippen LogP contribution in [-0.4, -0.2) is 40.4 Å². The van der Waals surface area contributed by atoms with E-state index in [1.807, 2.05) is 32.2 Å². The van der Waals surface area contributed by atoms with Gasteiger partial charge in [-0.25, -0.2) is 0 Å². The van der Waals surface area contributed by atoms with Crippen LogP contribution in [-0.2, 0) is 17.8 Å². The molecule has 3 heterocycles. The van der Waals surface area contributed by atoms with Crippen molar-refractivity contribution in [3.8, 4) is 11.1 Å². The number of aryl methyl sites for hydroxylation is 1. The predicted molar refractivity (Wildman–Crippen MR) is 123 cm³/mol. The molecule has 0 bridgehead atoms. The molecule has 1 aromatic carbocycles. The van der Waals surface area contributed by atoms with Crippen molar-refractivity contribution in [2.24, 2.45) is 5.41 Å². The number of nitrogens with one attached hydrogen (secondary N) is 1. The number of amides is 1. The highest BCUT2D eigenvalue weighted by atomic mass is 16.2. The number of nitrogens with zero attached hydrogens (tertiary/aromatic N) is 3. The Balaban J connectivity index is 1.55. The lowest BCUT2D eigenvalue weighted by Gasteiger charge is -2.28. The molecule has 1 fully saturated rings. The molecule has 3 aromatic rings. The molecule has 1 saturated heterocycles. The van der Waals surface area contributed by atoms with Crippen LogP contribution in [0.3, 0.4) is 0 Å². The molecule has 0 aliphatic carbocycles. The first-order chi connectivity index (χ1) is 15.1. The van der Waals surface area contributed by atoms with E-state index in [2.05, 4.69) is 62.6 Å². The zero-order chi connectivity index (χ0) is 21.7. The first kappa shape index (κ1) is 21.2. The van der Waals surface area contributed by atoms with Gasteiger partial charge in [0.05, 0.1) is 11.1 Å². The summed E-state index contributed by atoms with van der Waals surface area (Å²) in [6.45, 7) is 7.06. The van der Waals surface area contributed by atoms with Gasteiger partial charge < -0.3 is 5.32 Å². The fourth-order valence-electron chi connectivity index (χ4n) is 4.55. The average molecular weight is 415 g/mol. The standard InChI is InChI=1S/C26H30N4O/c1-3-28-25(31)26(12-14-30(19-26)18-24-11-4-7-20(2)29-24)16-21-8-5-9-22(15-21)23-10-6-13-27-17-23/h4-11,13,15,17H,3,12,14,16,18-19H2,1-2H3,(H,28,31)/t26-/m0/s1. The Morgan fingerprint density at radius 1 is 1.13 bits per heavy atom. The second kappa shape index (κ2) is 9.40. The number of aromatic nitrogens is 2. The summed E-state index contributed by atoms with van der Waals surface area (Å²) in [4.78, 5) is 24.5. The Bertz CT molecular complexity index is 1040. The fraction of sp³-hybridized carbons (Fsp3) is 0.346. The van der Waals surface area contributed by atoms with Crippen molar-refractivity contribution in [2.45, 2.75) is 33.2 Å². The minimum Gasteiger partial charge on any atom is -0.356 e. The molecular weight excluding hydrogens is 384 g/mol. The highest BCUT2D eigenvalue weighted by Gasteiger charge is 2.44. The first-order valence-electron chi connectivity index (χ1n) is 11.0. The number of rotatable bonds is 7. The number of pyridine rings is 2. The van der Waals surface area contributed by atoms with Crippen molar-refractivity contribution in [3.05, 3.63) is 83.9 Å². The average Bonchev–Trinajstić information content (AvgIpc) is 3.18. The van der Waals surface area contributed by atoms with Gasteiger partial charge in [0.2, 0.25) is 5.91 Å². The Labute approximate surface area is 184 Å². The zero-order valence-electron chi connectivity index (χ0n) is 18.3. The van der Waals surface area contributed by atoms with Crippen LogP contribution in [0, 0.1) is 12.3 Å². The maximum Gasteiger partial charge on any atom is 0.227 e. The molecule has 4 rings (SSSR count). The molecule has 0 radical (unpaired) electrons. The van der Waals surface area contributed by atoms with Crippen molar-refractivity contribution in [1.82, 2.24) is 20.2 Å². The number of likely N-dealkylation sites (tertiary alicyclic amines) is 1. The van der Waals surface area contributed by atoms with Crippen molar-refractivity contribution < 1.29 is 4.79 Å². The van der Waals surface area contributed by atoms with E-state index in [9.17, 15) is 4.79 Å². The fourth-order valence-corrected chi connectivity index (χ4v) is 4.55. The van der Waals surface area contributed by atoms with Gasteiger partial charge in [-0.05, 0) is 68.1 Å². The van der Waals surface area contributed by atoms with E-state index >= 15 is 0 Å². The highest BCUT2D eigenvalue weighted by molar-refractivity contribution is 5.83. The van der Waals surface area contributed by atoms with Crippen LogP contribution < -0.4 is 5.32 Å². The quantitative estimate of drug-likeness (QED) is 0.634. The molecule has 1 N–H and O–H groups in total. The molecule has 1 aliphatic rings. The number of carbonyl (C=O) groups excluding carboxylic acids is 1. The molecular formula is C26H30N4O. The number of carbonyl (C=O) groups is 1. The van der Waals surface area contributed by atoms with Crippen LogP contribution in [0.15, 0.2) is 67.0 Å². The van der Waals surface area contributed by atoms with Crippen LogP contribution in [0.1, 0.15) is 30.3 Å². The van der Waals surface area contributed by atoms with E-state index in [0.717, 1.165) is 55.0 Å². The summed E-state index contributed by atoms with van der Waals surface area (Å²) in [6.07, 6.45) is 5.24. The van der Waals surface area contributed by atoms with Gasteiger partial charge >= 0.3 is 0 Å². The van der Waals surface area contributed by atoms with E-state index in [-0.39, 0.29) is 5.91 Å². The summed E-state index contributed by atoms with van der Waals surface area (Å²) in [6, 6.07) is 18.7. The predicted octanol–water partition coefficient (Wildman–Crippen LogP) is 4.02. The van der Waals surface area contributed by atoms with Gasteiger partial charge in [-0.2, -0.15) is 0 Å². The van der Waals surface area contributed by atoms with Crippen LogP contribution in [0.5, 0.6) is 0 Å². The van der Waals surface area contributed by atoms with Crippen LogP contribution in [0.2, 0.25) is 0 Å². The number of benzene rings is 1. The molecule has 2 aromatic heterocycles. The lowest BCUT2D eigenvalue weighted by atomic mass is 9.79. The lowest BCUT2D eigenvalue weighted by Crippen LogP contribution is -2.44. The largest absolute Gasteiger partial charge is 0.356 e. The van der Waals surface area contributed by atoms with Gasteiger partial charge in [0.1, 0.15) is 0 Å². The minimum absolute atomic E-state index is 0.154. The number of hydrogen-bond acceptors (Lipinski definition) is 4. The van der Waals surface area contributed by atoms with E-state index in [1.54, 1.807) is 6.20 Å². The third-order valence-corrected chi connectivity index (χ3v) is 6.05. The topological polar surface area (TPSA) is 58.1 Å². The van der Waals surface area contributed by atoms with Crippen molar-refractivity contribution in [1.29, 1.82) is 0 Å². The summed E-state index contributed by atoms with van der Waals surface area (Å²) in [7, 11) is 0. The SMILES string of the molecule is CCNC(=O)[C@]1(Cc2cccc(-c3cccnc3)c2)CCN(Cc2cccc(C)n2)C1. The smallest absolute Gasteiger partial charge is 0.227 e. The summed E-state index contributed by atoms with van der Waals surface area (Å²) in [5.41, 5.74) is 5.07. The molecule has 5 heteroatoms. The van der Waals surface area contributed by atoms with Crippen molar-refractivity contribution in [3.63, 3.8) is 0 Å². The molecule has 31 heavy (non-hydrogen) atoms. The summed E-state index contributed by atoms with van der Waals surface area (Å²) in [5, 5.41) is 3.10. The first-order valence-corrected chi connectivity index (χ1v) is 11.0. The monoisotopic (exact) mass is 414 g/mol. The Morgan fingerprint density at radius 3 is 2.74 bits per heavy atom. The van der Waals surface area contributed by atoms with Crippen LogP contribution in [0.25, 0.3) is 11.1 Å². The third kappa shape index (κ3) is 5.00. The van der Waals surface area contributed by atoms with Gasteiger partial charge in [0, 0.05) is 37.7 Å². The van der Waals surface area contributed by atoms with Crippen LogP contribution in [0.4, 0.5) is 0 Å². The van der Waals surface area contributed by atoms with E-state index in [0.29, 0.717) is 6.54 Å². The highest BCUT2D eigenvalue weighted by Crippen LogP contribution is 2.36. The number of hydrogen-bond donors (Lipinski definition) is 1. The molecule has 5 nitrogen and oxygen atoms in total. The normalized spacial score (nSPS) is 18.8. The molecule has 1 aliphatic heterocycles. The van der Waals surface area contributed by atoms with E-state index < -0.39 is 5.41 Å². The zero-order valence-corrected chi connectivity index (χ0v) is 18.3. The molecule has 0 spiro atoms. The maximum atomic E-state index is 13.2. The molecule has 0 saturated carbocycles. The third-order valence-electron chi connectivity index (χ3n) is 6.05. The maximum absolute atomic E-state index is 13.2. The van der Waals surface area contributed by atoms with Gasteiger partial charge in [-0.15, -0.1) is 0 Å². The second-order valence-electron chi connectivity index (χ2n) is 8.49. The van der Waals surface area contributed by atoms with Gasteiger partial charge in [0.25, 0.3) is 0 Å². The van der Waals surface area contributed by atoms with Gasteiger partial charge in [-0.3, -0.25) is 19.7 Å². The Kier molecular flexibility index (Phi) is 6.42. The van der Waals surface area contributed by atoms with E-state index in [4.69, 9.17) is 0 Å². The van der Waals surface area contributed by atoms with E-state index in [1.165, 1.54) is 5.56 Å². The molecule has 1 amide bonds. The van der Waals surface area contributed by atoms with Gasteiger partial charge in [0.15, 0.2) is 0 Å². The summed E-state index contributed by atoms with van der Waals surface area (Å²) in [5.74, 6) is 0.154. The second-order valence-corrected chi connectivity index (χ2v) is 8.49. The van der Waals surface area contributed by atoms with Crippen LogP contribution >= 0.6 is 0 Å². The minimum atomic E-state index is -0.423. The Morgan fingerprint density at radius 2 is 1.97 bits per heavy atom. The summed E-state index contributed by atoms with van der Waals surface area (Å²) >= 11 is 0. The van der Waals surface area contributed by atoms with Gasteiger partial charge in [-0.1, -0.05) is 36.4 Å². The molecule has 1 atom stereocenters. The molecule has 160 valence electrons. The molecule has 0 unspecified atom stereocenters.